The van der Waals surface area contributed by atoms with Crippen LogP contribution in [0.1, 0.15) is 22.8 Å². The summed E-state index contributed by atoms with van der Waals surface area (Å²) in [7, 11) is 1.79. The maximum Gasteiger partial charge on any atom is 0.258 e. The van der Waals surface area contributed by atoms with Gasteiger partial charge in [-0.2, -0.15) is 5.10 Å². The second-order valence-electron chi connectivity index (χ2n) is 3.91. The molecule has 0 saturated heterocycles. The summed E-state index contributed by atoms with van der Waals surface area (Å²) >= 11 is 0. The van der Waals surface area contributed by atoms with Crippen LogP contribution in [-0.4, -0.2) is 15.7 Å². The number of anilines is 1. The second-order valence-corrected chi connectivity index (χ2v) is 3.91. The van der Waals surface area contributed by atoms with Gasteiger partial charge >= 0.3 is 0 Å². The van der Waals surface area contributed by atoms with E-state index in [1.807, 2.05) is 24.3 Å². The molecule has 0 bridgehead atoms. The van der Waals surface area contributed by atoms with Crippen molar-refractivity contribution in [3.8, 4) is 0 Å². The maximum absolute atomic E-state index is 11.9. The van der Waals surface area contributed by atoms with E-state index >= 15 is 0 Å². The Balaban J connectivity index is 2.12. The smallest absolute Gasteiger partial charge is 0.258 e. The van der Waals surface area contributed by atoms with Gasteiger partial charge in [-0.05, 0) is 24.1 Å². The van der Waals surface area contributed by atoms with Crippen molar-refractivity contribution in [2.45, 2.75) is 13.3 Å². The minimum Gasteiger partial charge on any atom is -0.322 e. The van der Waals surface area contributed by atoms with E-state index in [0.29, 0.717) is 5.56 Å². The number of nitrogens with one attached hydrogen (secondary N) is 1. The van der Waals surface area contributed by atoms with Crippen molar-refractivity contribution in [2.24, 2.45) is 7.05 Å². The minimum atomic E-state index is -0.133. The normalized spacial score (nSPS) is 10.2. The molecule has 0 atom stereocenters. The monoisotopic (exact) mass is 229 g/mol. The molecule has 0 aliphatic carbocycles. The van der Waals surface area contributed by atoms with Crippen LogP contribution in [0.15, 0.2) is 36.7 Å². The van der Waals surface area contributed by atoms with Crippen LogP contribution in [0.2, 0.25) is 0 Å². The van der Waals surface area contributed by atoms with Gasteiger partial charge in [-0.1, -0.05) is 19.1 Å². The number of rotatable bonds is 3. The van der Waals surface area contributed by atoms with Crippen LogP contribution in [0.4, 0.5) is 5.69 Å². The second kappa shape index (κ2) is 4.82. The fourth-order valence-electron chi connectivity index (χ4n) is 1.61. The summed E-state index contributed by atoms with van der Waals surface area (Å²) in [4.78, 5) is 11.9. The lowest BCUT2D eigenvalue weighted by molar-refractivity contribution is 0.102. The maximum atomic E-state index is 11.9. The fraction of sp³-hybridized carbons (Fsp3) is 0.231. The van der Waals surface area contributed by atoms with E-state index in [9.17, 15) is 4.79 Å². The minimum absolute atomic E-state index is 0.133. The summed E-state index contributed by atoms with van der Waals surface area (Å²) in [6.07, 6.45) is 4.20. The molecule has 17 heavy (non-hydrogen) atoms. The van der Waals surface area contributed by atoms with Crippen molar-refractivity contribution in [1.29, 1.82) is 0 Å². The van der Waals surface area contributed by atoms with Gasteiger partial charge in [0.15, 0.2) is 0 Å². The van der Waals surface area contributed by atoms with Gasteiger partial charge in [0, 0.05) is 18.9 Å². The molecule has 1 N–H and O–H groups in total. The first kappa shape index (κ1) is 11.4. The standard InChI is InChI=1S/C13H15N3O/c1-3-10-5-4-6-12(7-10)15-13(17)11-8-14-16(2)9-11/h4-9H,3H2,1-2H3,(H,15,17). The van der Waals surface area contributed by atoms with E-state index in [1.165, 1.54) is 5.56 Å². The van der Waals surface area contributed by atoms with E-state index in [2.05, 4.69) is 17.3 Å². The molecule has 0 spiro atoms. The SMILES string of the molecule is CCc1cccc(NC(=O)c2cnn(C)c2)c1. The molecule has 1 aromatic carbocycles. The lowest BCUT2D eigenvalue weighted by Crippen LogP contribution is -2.11. The summed E-state index contributed by atoms with van der Waals surface area (Å²) in [6, 6.07) is 7.85. The molecule has 1 heterocycles. The first-order valence-electron chi connectivity index (χ1n) is 5.58. The fourth-order valence-corrected chi connectivity index (χ4v) is 1.61. The predicted octanol–water partition coefficient (Wildman–Crippen LogP) is 2.23. The van der Waals surface area contributed by atoms with Crippen LogP contribution in [0.25, 0.3) is 0 Å². The van der Waals surface area contributed by atoms with Crippen LogP contribution in [0.3, 0.4) is 0 Å². The summed E-state index contributed by atoms with van der Waals surface area (Å²) in [6.45, 7) is 2.09. The Morgan fingerprint density at radius 2 is 2.29 bits per heavy atom. The first-order valence-corrected chi connectivity index (χ1v) is 5.58. The van der Waals surface area contributed by atoms with Crippen molar-refractivity contribution < 1.29 is 4.79 Å². The Morgan fingerprint density at radius 3 is 2.94 bits per heavy atom. The van der Waals surface area contributed by atoms with Gasteiger partial charge in [-0.3, -0.25) is 9.48 Å². The summed E-state index contributed by atoms with van der Waals surface area (Å²) in [5, 5.41) is 6.82. The number of carbonyl (C=O) groups is 1. The Hall–Kier alpha value is -2.10. The highest BCUT2D eigenvalue weighted by atomic mass is 16.1. The summed E-state index contributed by atoms with van der Waals surface area (Å²) in [5.41, 5.74) is 2.58. The third-order valence-corrected chi connectivity index (χ3v) is 2.56. The van der Waals surface area contributed by atoms with Crippen molar-refractivity contribution in [3.05, 3.63) is 47.8 Å². The van der Waals surface area contributed by atoms with Crippen LogP contribution in [-0.2, 0) is 13.5 Å². The average molecular weight is 229 g/mol. The van der Waals surface area contributed by atoms with E-state index in [4.69, 9.17) is 0 Å². The lowest BCUT2D eigenvalue weighted by Gasteiger charge is -2.05. The zero-order valence-corrected chi connectivity index (χ0v) is 9.97. The number of nitrogens with zero attached hydrogens (tertiary/aromatic N) is 2. The highest BCUT2D eigenvalue weighted by Gasteiger charge is 2.07. The molecule has 1 aromatic heterocycles. The van der Waals surface area contributed by atoms with Crippen molar-refractivity contribution in [3.63, 3.8) is 0 Å². The largest absolute Gasteiger partial charge is 0.322 e. The molecule has 1 amide bonds. The molecule has 0 aliphatic heterocycles. The van der Waals surface area contributed by atoms with Crippen LogP contribution < -0.4 is 5.32 Å². The predicted molar refractivity (Wildman–Crippen MR) is 67.0 cm³/mol. The van der Waals surface area contributed by atoms with Gasteiger partial charge in [0.1, 0.15) is 0 Å². The lowest BCUT2D eigenvalue weighted by atomic mass is 10.1. The molecule has 4 nitrogen and oxygen atoms in total. The highest BCUT2D eigenvalue weighted by Crippen LogP contribution is 2.12. The summed E-state index contributed by atoms with van der Waals surface area (Å²) < 4.78 is 1.61. The number of hydrogen-bond donors (Lipinski definition) is 1. The number of hydrogen-bond acceptors (Lipinski definition) is 2. The van der Waals surface area contributed by atoms with Gasteiger partial charge in [-0.25, -0.2) is 0 Å². The van der Waals surface area contributed by atoms with Crippen molar-refractivity contribution in [1.82, 2.24) is 9.78 Å². The van der Waals surface area contributed by atoms with Gasteiger partial charge in [0.2, 0.25) is 0 Å². The average Bonchev–Trinajstić information content (AvgIpc) is 2.76. The Bertz CT molecular complexity index is 531. The van der Waals surface area contributed by atoms with Crippen molar-refractivity contribution >= 4 is 11.6 Å². The molecule has 0 aliphatic rings. The highest BCUT2D eigenvalue weighted by molar-refractivity contribution is 6.03. The molecule has 0 fully saturated rings. The molecular weight excluding hydrogens is 214 g/mol. The number of amides is 1. The van der Waals surface area contributed by atoms with E-state index in [-0.39, 0.29) is 5.91 Å². The van der Waals surface area contributed by atoms with Gasteiger partial charge in [0.25, 0.3) is 5.91 Å². The van der Waals surface area contributed by atoms with E-state index in [1.54, 1.807) is 24.1 Å². The van der Waals surface area contributed by atoms with Gasteiger partial charge in [-0.15, -0.1) is 0 Å². The zero-order valence-electron chi connectivity index (χ0n) is 9.97. The van der Waals surface area contributed by atoms with Crippen molar-refractivity contribution in [2.75, 3.05) is 5.32 Å². The quantitative estimate of drug-likeness (QED) is 0.877. The van der Waals surface area contributed by atoms with E-state index in [0.717, 1.165) is 12.1 Å². The third-order valence-electron chi connectivity index (χ3n) is 2.56. The number of aromatic nitrogens is 2. The summed E-state index contributed by atoms with van der Waals surface area (Å²) in [5.74, 6) is -0.133. The Labute approximate surface area is 100 Å². The van der Waals surface area contributed by atoms with Crippen LogP contribution in [0.5, 0.6) is 0 Å². The molecule has 0 saturated carbocycles. The Kier molecular flexibility index (Phi) is 3.23. The molecule has 0 unspecified atom stereocenters. The van der Waals surface area contributed by atoms with Crippen LogP contribution >= 0.6 is 0 Å². The molecule has 0 radical (unpaired) electrons. The molecule has 4 heteroatoms. The zero-order chi connectivity index (χ0) is 12.3. The molecule has 2 aromatic rings. The molecular formula is C13H15N3O. The number of aryl methyl sites for hydroxylation is 2. The Morgan fingerprint density at radius 1 is 1.47 bits per heavy atom. The van der Waals surface area contributed by atoms with Crippen LogP contribution in [0, 0.1) is 0 Å². The topological polar surface area (TPSA) is 46.9 Å². The van der Waals surface area contributed by atoms with E-state index < -0.39 is 0 Å². The molecule has 2 rings (SSSR count). The molecule has 88 valence electrons. The third kappa shape index (κ3) is 2.72. The first-order chi connectivity index (χ1) is 8.19. The van der Waals surface area contributed by atoms with Gasteiger partial charge in [0.05, 0.1) is 11.8 Å². The number of benzene rings is 1. The number of carbonyl (C=O) groups excluding carboxylic acids is 1. The van der Waals surface area contributed by atoms with Gasteiger partial charge < -0.3 is 5.32 Å².